The van der Waals surface area contributed by atoms with Crippen LogP contribution in [-0.2, 0) is 17.9 Å². The number of amides is 1. The van der Waals surface area contributed by atoms with Crippen LogP contribution in [0.3, 0.4) is 0 Å². The van der Waals surface area contributed by atoms with Gasteiger partial charge in [-0.3, -0.25) is 9.59 Å². The molecule has 0 radical (unpaired) electrons. The van der Waals surface area contributed by atoms with Crippen LogP contribution in [0.1, 0.15) is 19.0 Å². The number of fused-ring (bicyclic) bond motifs is 1. The van der Waals surface area contributed by atoms with Gasteiger partial charge in [0.1, 0.15) is 6.54 Å². The van der Waals surface area contributed by atoms with Crippen LogP contribution in [0, 0.1) is 6.92 Å². The minimum absolute atomic E-state index is 0.160. The summed E-state index contributed by atoms with van der Waals surface area (Å²) in [7, 11) is 0. The molecule has 1 N–H and O–H groups in total. The maximum atomic E-state index is 12.7. The number of carbonyl (C=O) groups is 1. The quantitative estimate of drug-likeness (QED) is 0.466. The number of hydrogen-bond acceptors (Lipinski definition) is 6. The normalized spacial score (nSPS) is 12.1. The maximum absolute atomic E-state index is 12.7. The Morgan fingerprint density at radius 3 is 2.38 bits per heavy atom. The van der Waals surface area contributed by atoms with E-state index in [1.165, 1.54) is 9.36 Å². The first-order valence-corrected chi connectivity index (χ1v) is 10.3. The SMILES string of the molecule is CC[C@H](Cn1nnn(-c2ccccc2)c1=O)NC(=O)Cn1nc(C)c2ccccc2c1=O. The Kier molecular flexibility index (Phi) is 5.93. The summed E-state index contributed by atoms with van der Waals surface area (Å²) in [5.41, 5.74) is 0.561. The number of benzene rings is 2. The van der Waals surface area contributed by atoms with Crippen LogP contribution in [0.15, 0.2) is 64.2 Å². The Labute approximate surface area is 183 Å². The zero-order chi connectivity index (χ0) is 22.7. The minimum Gasteiger partial charge on any atom is -0.350 e. The first-order valence-electron chi connectivity index (χ1n) is 10.3. The third-order valence-electron chi connectivity index (χ3n) is 5.24. The molecule has 164 valence electrons. The number of tetrazole rings is 1. The van der Waals surface area contributed by atoms with Crippen LogP contribution < -0.4 is 16.6 Å². The standard InChI is InChI=1S/C22H23N7O3/c1-3-16(13-28-22(32)29(26-25-28)17-9-5-4-6-10-17)23-20(30)14-27-21(31)19-12-8-7-11-18(19)15(2)24-27/h4-12,16H,3,13-14H2,1-2H3,(H,23,30)/t16-/m1/s1. The summed E-state index contributed by atoms with van der Waals surface area (Å²) in [5, 5.41) is 16.3. The van der Waals surface area contributed by atoms with Gasteiger partial charge in [-0.2, -0.15) is 14.5 Å². The highest BCUT2D eigenvalue weighted by molar-refractivity contribution is 5.83. The lowest BCUT2D eigenvalue weighted by atomic mass is 10.1. The third-order valence-corrected chi connectivity index (χ3v) is 5.24. The number of aryl methyl sites for hydroxylation is 1. The number of hydrogen-bond donors (Lipinski definition) is 1. The molecule has 10 nitrogen and oxygen atoms in total. The van der Waals surface area contributed by atoms with Gasteiger partial charge in [0.25, 0.3) is 5.56 Å². The molecule has 0 bridgehead atoms. The molecule has 1 atom stereocenters. The molecule has 0 saturated carbocycles. The number of aromatic nitrogens is 6. The zero-order valence-corrected chi connectivity index (χ0v) is 17.8. The average molecular weight is 433 g/mol. The number of rotatable bonds is 7. The number of carbonyl (C=O) groups excluding carboxylic acids is 1. The molecule has 0 aliphatic heterocycles. The van der Waals surface area contributed by atoms with Crippen molar-refractivity contribution < 1.29 is 4.79 Å². The van der Waals surface area contributed by atoms with Crippen molar-refractivity contribution >= 4 is 16.7 Å². The van der Waals surface area contributed by atoms with Crippen LogP contribution in [0.2, 0.25) is 0 Å². The Balaban J connectivity index is 1.48. The van der Waals surface area contributed by atoms with Crippen molar-refractivity contribution in [2.24, 2.45) is 0 Å². The van der Waals surface area contributed by atoms with E-state index in [0.29, 0.717) is 23.2 Å². The molecule has 2 heterocycles. The third kappa shape index (κ3) is 4.20. The van der Waals surface area contributed by atoms with Crippen molar-refractivity contribution in [1.82, 2.24) is 34.9 Å². The van der Waals surface area contributed by atoms with Gasteiger partial charge in [-0.25, -0.2) is 9.48 Å². The van der Waals surface area contributed by atoms with Crippen molar-refractivity contribution in [2.75, 3.05) is 0 Å². The van der Waals surface area contributed by atoms with Gasteiger partial charge in [0.15, 0.2) is 0 Å². The molecule has 10 heteroatoms. The van der Waals surface area contributed by atoms with Gasteiger partial charge in [0.05, 0.1) is 23.3 Å². The fraction of sp³-hybridized carbons (Fsp3) is 0.273. The van der Waals surface area contributed by atoms with Gasteiger partial charge in [0.2, 0.25) is 5.91 Å². The molecule has 0 aliphatic carbocycles. The second-order valence-corrected chi connectivity index (χ2v) is 7.46. The monoisotopic (exact) mass is 433 g/mol. The summed E-state index contributed by atoms with van der Waals surface area (Å²) < 4.78 is 3.58. The first kappa shape index (κ1) is 21.2. The molecule has 0 spiro atoms. The second-order valence-electron chi connectivity index (χ2n) is 7.46. The highest BCUT2D eigenvalue weighted by Crippen LogP contribution is 2.11. The maximum Gasteiger partial charge on any atom is 0.368 e. The van der Waals surface area contributed by atoms with E-state index in [-0.39, 0.29) is 30.6 Å². The second kappa shape index (κ2) is 8.96. The van der Waals surface area contributed by atoms with E-state index in [4.69, 9.17) is 0 Å². The van der Waals surface area contributed by atoms with Gasteiger partial charge >= 0.3 is 5.69 Å². The van der Waals surface area contributed by atoms with Crippen molar-refractivity contribution in [3.05, 3.63) is 81.1 Å². The number of nitrogens with zero attached hydrogens (tertiary/aromatic N) is 6. The topological polar surface area (TPSA) is 117 Å². The van der Waals surface area contributed by atoms with E-state index in [1.54, 1.807) is 43.3 Å². The van der Waals surface area contributed by atoms with Crippen LogP contribution in [-0.4, -0.2) is 41.5 Å². The summed E-state index contributed by atoms with van der Waals surface area (Å²) in [4.78, 5) is 38.0. The van der Waals surface area contributed by atoms with E-state index < -0.39 is 5.69 Å². The van der Waals surface area contributed by atoms with Crippen LogP contribution in [0.5, 0.6) is 0 Å². The molecule has 0 fully saturated rings. The molecule has 4 aromatic rings. The molecule has 4 rings (SSSR count). The fourth-order valence-electron chi connectivity index (χ4n) is 3.53. The Hall–Kier alpha value is -4.08. The number of para-hydroxylation sites is 1. The highest BCUT2D eigenvalue weighted by Gasteiger charge is 2.17. The molecule has 2 aromatic heterocycles. The van der Waals surface area contributed by atoms with Crippen molar-refractivity contribution in [1.29, 1.82) is 0 Å². The Morgan fingerprint density at radius 1 is 0.969 bits per heavy atom. The lowest BCUT2D eigenvalue weighted by Gasteiger charge is -2.16. The van der Waals surface area contributed by atoms with Crippen LogP contribution in [0.25, 0.3) is 16.5 Å². The fourth-order valence-corrected chi connectivity index (χ4v) is 3.53. The number of nitrogens with one attached hydrogen (secondary N) is 1. The Morgan fingerprint density at radius 2 is 1.66 bits per heavy atom. The summed E-state index contributed by atoms with van der Waals surface area (Å²) in [6.45, 7) is 3.63. The molecule has 0 unspecified atom stereocenters. The molecular formula is C22H23N7O3. The van der Waals surface area contributed by atoms with Crippen molar-refractivity contribution in [3.63, 3.8) is 0 Å². The molecule has 32 heavy (non-hydrogen) atoms. The smallest absolute Gasteiger partial charge is 0.350 e. The van der Waals surface area contributed by atoms with Gasteiger partial charge in [-0.05, 0) is 42.0 Å². The first-order chi connectivity index (χ1) is 15.5. The van der Waals surface area contributed by atoms with E-state index in [9.17, 15) is 14.4 Å². The lowest BCUT2D eigenvalue weighted by molar-refractivity contribution is -0.122. The summed E-state index contributed by atoms with van der Waals surface area (Å²) in [6.07, 6.45) is 0.565. The molecule has 1 amide bonds. The van der Waals surface area contributed by atoms with E-state index in [0.717, 1.165) is 10.1 Å². The minimum atomic E-state index is -0.396. The Bertz CT molecular complexity index is 1370. The molecular weight excluding hydrogens is 410 g/mol. The van der Waals surface area contributed by atoms with Gasteiger partial charge in [-0.15, -0.1) is 0 Å². The van der Waals surface area contributed by atoms with Crippen LogP contribution in [0.4, 0.5) is 0 Å². The lowest BCUT2D eigenvalue weighted by Crippen LogP contribution is -2.43. The average Bonchev–Trinajstić information content (AvgIpc) is 3.17. The largest absolute Gasteiger partial charge is 0.368 e. The van der Waals surface area contributed by atoms with Gasteiger partial charge < -0.3 is 5.32 Å². The summed E-state index contributed by atoms with van der Waals surface area (Å²) in [6, 6.07) is 15.8. The summed E-state index contributed by atoms with van der Waals surface area (Å²) >= 11 is 0. The van der Waals surface area contributed by atoms with Crippen molar-refractivity contribution in [3.8, 4) is 5.69 Å². The van der Waals surface area contributed by atoms with Gasteiger partial charge in [-0.1, -0.05) is 43.3 Å². The van der Waals surface area contributed by atoms with E-state index in [1.807, 2.05) is 25.1 Å². The molecule has 2 aromatic carbocycles. The van der Waals surface area contributed by atoms with E-state index in [2.05, 4.69) is 20.8 Å². The van der Waals surface area contributed by atoms with Crippen molar-refractivity contribution in [2.45, 2.75) is 39.4 Å². The molecule has 0 aliphatic rings. The molecule has 0 saturated heterocycles. The summed E-state index contributed by atoms with van der Waals surface area (Å²) in [5.74, 6) is -0.371. The zero-order valence-electron chi connectivity index (χ0n) is 17.8. The predicted octanol–water partition coefficient (Wildman–Crippen LogP) is 1.04. The van der Waals surface area contributed by atoms with Gasteiger partial charge in [0, 0.05) is 11.4 Å². The predicted molar refractivity (Wildman–Crippen MR) is 119 cm³/mol. The van der Waals surface area contributed by atoms with Crippen LogP contribution >= 0.6 is 0 Å². The van der Waals surface area contributed by atoms with E-state index >= 15 is 0 Å². The highest BCUT2D eigenvalue weighted by atomic mass is 16.2.